The van der Waals surface area contributed by atoms with Gasteiger partial charge in [0.2, 0.25) is 0 Å². The summed E-state index contributed by atoms with van der Waals surface area (Å²) in [6, 6.07) is 11.6. The molecule has 0 radical (unpaired) electrons. The lowest BCUT2D eigenvalue weighted by molar-refractivity contribution is -0.292. The summed E-state index contributed by atoms with van der Waals surface area (Å²) in [5.74, 6) is -1.53. The SMILES string of the molecule is O=C(c1ccncc1)N1CCC2(CC1)CN(c1ccccc1)C(=O)C(F)(F)O2. The number of anilines is 1. The van der Waals surface area contributed by atoms with Crippen LogP contribution in [0.2, 0.25) is 0 Å². The number of hydrogen-bond donors (Lipinski definition) is 0. The van der Waals surface area contributed by atoms with Crippen molar-refractivity contribution < 1.29 is 23.1 Å². The van der Waals surface area contributed by atoms with E-state index in [-0.39, 0.29) is 38.4 Å². The number of piperidine rings is 1. The van der Waals surface area contributed by atoms with E-state index >= 15 is 0 Å². The maximum Gasteiger partial charge on any atom is 0.437 e. The third-order valence-electron chi connectivity index (χ3n) is 5.24. The minimum absolute atomic E-state index is 0.0305. The summed E-state index contributed by atoms with van der Waals surface area (Å²) in [7, 11) is 0. The zero-order valence-electron chi connectivity index (χ0n) is 15.1. The summed E-state index contributed by atoms with van der Waals surface area (Å²) in [5.41, 5.74) is -0.283. The molecule has 1 spiro atoms. The van der Waals surface area contributed by atoms with Crippen LogP contribution in [0.1, 0.15) is 23.2 Å². The Balaban J connectivity index is 1.52. The van der Waals surface area contributed by atoms with E-state index in [4.69, 9.17) is 4.74 Å². The molecule has 2 amide bonds. The van der Waals surface area contributed by atoms with Gasteiger partial charge in [0.15, 0.2) is 0 Å². The first-order valence-electron chi connectivity index (χ1n) is 9.05. The van der Waals surface area contributed by atoms with Crippen LogP contribution in [0.25, 0.3) is 0 Å². The van der Waals surface area contributed by atoms with E-state index < -0.39 is 17.6 Å². The highest BCUT2D eigenvalue weighted by atomic mass is 19.3. The van der Waals surface area contributed by atoms with Crippen LogP contribution in [0.5, 0.6) is 0 Å². The Kier molecular flexibility index (Phi) is 4.58. The molecule has 28 heavy (non-hydrogen) atoms. The van der Waals surface area contributed by atoms with Gasteiger partial charge in [0.25, 0.3) is 5.91 Å². The smallest absolute Gasteiger partial charge is 0.338 e. The van der Waals surface area contributed by atoms with Crippen LogP contribution < -0.4 is 4.90 Å². The standard InChI is InChI=1S/C20H19F2N3O3/c21-20(22)18(27)25(16-4-2-1-3-5-16)14-19(28-20)8-12-24(13-9-19)17(26)15-6-10-23-11-7-15/h1-7,10-11H,8-9,12-14H2. The number of rotatable bonds is 2. The summed E-state index contributed by atoms with van der Waals surface area (Å²) in [5, 5.41) is 0. The van der Waals surface area contributed by atoms with Crippen molar-refractivity contribution in [2.45, 2.75) is 24.6 Å². The first-order chi connectivity index (χ1) is 13.4. The molecule has 0 bridgehead atoms. The van der Waals surface area contributed by atoms with Gasteiger partial charge in [0.05, 0.1) is 12.1 Å². The lowest BCUT2D eigenvalue weighted by Gasteiger charge is -2.48. The van der Waals surface area contributed by atoms with Crippen molar-refractivity contribution in [1.82, 2.24) is 9.88 Å². The molecule has 0 unspecified atom stereocenters. The number of likely N-dealkylation sites (tertiary alicyclic amines) is 1. The summed E-state index contributed by atoms with van der Waals surface area (Å²) >= 11 is 0. The number of nitrogens with zero attached hydrogens (tertiary/aromatic N) is 3. The topological polar surface area (TPSA) is 62.7 Å². The summed E-state index contributed by atoms with van der Waals surface area (Å²) in [6.45, 7) is 0.574. The number of para-hydroxylation sites is 1. The molecule has 2 fully saturated rings. The van der Waals surface area contributed by atoms with Crippen LogP contribution in [-0.2, 0) is 9.53 Å². The van der Waals surface area contributed by atoms with Crippen molar-refractivity contribution in [3.8, 4) is 0 Å². The third kappa shape index (κ3) is 3.35. The molecule has 2 aromatic rings. The molecule has 2 aliphatic heterocycles. The van der Waals surface area contributed by atoms with E-state index in [0.29, 0.717) is 11.3 Å². The molecule has 3 heterocycles. The predicted octanol–water partition coefficient (Wildman–Crippen LogP) is 2.71. The second-order valence-corrected chi connectivity index (χ2v) is 7.06. The van der Waals surface area contributed by atoms with Crippen LogP contribution in [-0.4, -0.2) is 53.0 Å². The highest BCUT2D eigenvalue weighted by Crippen LogP contribution is 2.40. The van der Waals surface area contributed by atoms with Gasteiger partial charge in [-0.1, -0.05) is 18.2 Å². The Hall–Kier alpha value is -2.87. The van der Waals surface area contributed by atoms with E-state index in [9.17, 15) is 18.4 Å². The van der Waals surface area contributed by atoms with Gasteiger partial charge in [0, 0.05) is 36.7 Å². The molecule has 0 aliphatic carbocycles. The molecular weight excluding hydrogens is 368 g/mol. The van der Waals surface area contributed by atoms with Crippen LogP contribution in [0, 0.1) is 0 Å². The zero-order valence-corrected chi connectivity index (χ0v) is 15.1. The number of morpholine rings is 1. The quantitative estimate of drug-likeness (QED) is 0.795. The molecule has 1 aromatic heterocycles. The number of ether oxygens (including phenoxy) is 1. The molecule has 0 N–H and O–H groups in total. The number of carbonyl (C=O) groups is 2. The average molecular weight is 387 g/mol. The minimum Gasteiger partial charge on any atom is -0.338 e. The van der Waals surface area contributed by atoms with Crippen molar-refractivity contribution in [1.29, 1.82) is 0 Å². The average Bonchev–Trinajstić information content (AvgIpc) is 2.72. The minimum atomic E-state index is -3.90. The third-order valence-corrected chi connectivity index (χ3v) is 5.24. The lowest BCUT2D eigenvalue weighted by atomic mass is 9.88. The Bertz CT molecular complexity index is 869. The summed E-state index contributed by atoms with van der Waals surface area (Å²) in [6.07, 6.45) is -0.392. The normalized spacial score (nSPS) is 21.0. The number of aromatic nitrogens is 1. The molecule has 1 aromatic carbocycles. The van der Waals surface area contributed by atoms with Gasteiger partial charge in [0.1, 0.15) is 0 Å². The number of amides is 2. The molecule has 0 saturated carbocycles. The number of pyridine rings is 1. The fourth-order valence-electron chi connectivity index (χ4n) is 3.74. The van der Waals surface area contributed by atoms with Gasteiger partial charge in [-0.2, -0.15) is 8.78 Å². The van der Waals surface area contributed by atoms with E-state index in [1.165, 1.54) is 12.4 Å². The zero-order chi connectivity index (χ0) is 19.8. The molecule has 8 heteroatoms. The van der Waals surface area contributed by atoms with E-state index in [0.717, 1.165) is 4.90 Å². The maximum absolute atomic E-state index is 14.4. The lowest BCUT2D eigenvalue weighted by Crippen LogP contribution is -2.65. The van der Waals surface area contributed by atoms with Crippen molar-refractivity contribution in [3.63, 3.8) is 0 Å². The Morgan fingerprint density at radius 3 is 2.32 bits per heavy atom. The van der Waals surface area contributed by atoms with Crippen molar-refractivity contribution in [2.75, 3.05) is 24.5 Å². The van der Waals surface area contributed by atoms with E-state index in [2.05, 4.69) is 4.98 Å². The highest BCUT2D eigenvalue weighted by Gasteiger charge is 2.57. The number of benzene rings is 1. The fourth-order valence-corrected chi connectivity index (χ4v) is 3.74. The van der Waals surface area contributed by atoms with Crippen LogP contribution in [0.4, 0.5) is 14.5 Å². The number of carbonyl (C=O) groups excluding carboxylic acids is 2. The predicted molar refractivity (Wildman–Crippen MR) is 96.9 cm³/mol. The molecule has 4 rings (SSSR count). The molecule has 2 aliphatic rings. The van der Waals surface area contributed by atoms with Crippen LogP contribution in [0.3, 0.4) is 0 Å². The van der Waals surface area contributed by atoms with Crippen molar-refractivity contribution >= 4 is 17.5 Å². The number of alkyl halides is 2. The van der Waals surface area contributed by atoms with Crippen molar-refractivity contribution in [2.24, 2.45) is 0 Å². The Morgan fingerprint density at radius 1 is 1.04 bits per heavy atom. The number of halogens is 2. The fraction of sp³-hybridized carbons (Fsp3) is 0.350. The maximum atomic E-state index is 14.4. The van der Waals surface area contributed by atoms with E-state index in [1.807, 2.05) is 0 Å². The first kappa shape index (κ1) is 18.5. The Labute approximate surface area is 160 Å². The highest BCUT2D eigenvalue weighted by molar-refractivity contribution is 5.98. The second-order valence-electron chi connectivity index (χ2n) is 7.06. The summed E-state index contributed by atoms with van der Waals surface area (Å²) < 4.78 is 33.8. The van der Waals surface area contributed by atoms with Gasteiger partial charge < -0.3 is 14.5 Å². The Morgan fingerprint density at radius 2 is 1.68 bits per heavy atom. The molecule has 6 nitrogen and oxygen atoms in total. The first-order valence-corrected chi connectivity index (χ1v) is 9.05. The molecular formula is C20H19F2N3O3. The largest absolute Gasteiger partial charge is 0.437 e. The van der Waals surface area contributed by atoms with Gasteiger partial charge >= 0.3 is 12.0 Å². The van der Waals surface area contributed by atoms with Crippen LogP contribution in [0.15, 0.2) is 54.9 Å². The van der Waals surface area contributed by atoms with Gasteiger partial charge in [-0.05, 0) is 37.1 Å². The number of hydrogen-bond acceptors (Lipinski definition) is 4. The van der Waals surface area contributed by atoms with Gasteiger partial charge in [-0.15, -0.1) is 0 Å². The van der Waals surface area contributed by atoms with Gasteiger partial charge in [-0.25, -0.2) is 0 Å². The van der Waals surface area contributed by atoms with Crippen LogP contribution >= 0.6 is 0 Å². The molecule has 0 atom stereocenters. The van der Waals surface area contributed by atoms with E-state index in [1.54, 1.807) is 47.4 Å². The van der Waals surface area contributed by atoms with Crippen molar-refractivity contribution in [3.05, 3.63) is 60.4 Å². The molecule has 2 saturated heterocycles. The summed E-state index contributed by atoms with van der Waals surface area (Å²) in [4.78, 5) is 31.4. The monoisotopic (exact) mass is 387 g/mol. The molecule has 146 valence electrons. The second kappa shape index (κ2) is 6.94. The van der Waals surface area contributed by atoms with Gasteiger partial charge in [-0.3, -0.25) is 14.6 Å².